The Bertz CT molecular complexity index is 596. The minimum absolute atomic E-state index is 0.139. The van der Waals surface area contributed by atoms with Crippen molar-refractivity contribution in [1.82, 2.24) is 0 Å². The first-order valence-corrected chi connectivity index (χ1v) is 7.57. The molecule has 0 unspecified atom stereocenters. The average Bonchev–Trinajstić information content (AvgIpc) is 2.42. The van der Waals surface area contributed by atoms with Gasteiger partial charge in [0.25, 0.3) is 11.6 Å². The number of carbonyl (C=O) groups excluding carboxylic acids is 4. The predicted molar refractivity (Wildman–Crippen MR) is 91.3 cm³/mol. The third-order valence-electron chi connectivity index (χ3n) is 2.42. The van der Waals surface area contributed by atoms with Gasteiger partial charge in [0.05, 0.1) is 0 Å². The molecule has 144 valence electrons. The standard InChI is InChI=1S/C18H24O8/c1-11(2)15(21)25-17(5,6)23-13(19)9-10-14(20)24-18(7,8)26-16(22)12(3)4/h9-10H,1,3H2,2,4-8H3/b10-9-. The summed E-state index contributed by atoms with van der Waals surface area (Å²) < 4.78 is 19.7. The summed E-state index contributed by atoms with van der Waals surface area (Å²) in [5.41, 5.74) is 0.277. The molecule has 0 amide bonds. The van der Waals surface area contributed by atoms with Crippen molar-refractivity contribution in [2.45, 2.75) is 53.1 Å². The minimum Gasteiger partial charge on any atom is -0.420 e. The van der Waals surface area contributed by atoms with Gasteiger partial charge in [0.2, 0.25) is 0 Å². The van der Waals surface area contributed by atoms with Crippen LogP contribution in [-0.2, 0) is 38.1 Å². The highest BCUT2D eigenvalue weighted by molar-refractivity contribution is 5.92. The maximum Gasteiger partial charge on any atom is 0.336 e. The molecule has 0 aromatic rings. The second-order valence-corrected chi connectivity index (χ2v) is 6.31. The van der Waals surface area contributed by atoms with E-state index in [0.29, 0.717) is 0 Å². The zero-order valence-electron chi connectivity index (χ0n) is 15.8. The third kappa shape index (κ3) is 9.41. The first-order chi connectivity index (χ1) is 11.6. The molecule has 0 spiro atoms. The average molecular weight is 368 g/mol. The lowest BCUT2D eigenvalue weighted by Crippen LogP contribution is -2.34. The fraction of sp³-hybridized carbons (Fsp3) is 0.444. The van der Waals surface area contributed by atoms with E-state index >= 15 is 0 Å². The van der Waals surface area contributed by atoms with Crippen LogP contribution in [0.2, 0.25) is 0 Å². The molecule has 0 bridgehead atoms. The van der Waals surface area contributed by atoms with Gasteiger partial charge in [-0.15, -0.1) is 0 Å². The Morgan fingerprint density at radius 1 is 0.654 bits per heavy atom. The van der Waals surface area contributed by atoms with Gasteiger partial charge < -0.3 is 18.9 Å². The smallest absolute Gasteiger partial charge is 0.336 e. The molecule has 0 aliphatic rings. The monoisotopic (exact) mass is 368 g/mol. The highest BCUT2D eigenvalue weighted by Crippen LogP contribution is 2.16. The lowest BCUT2D eigenvalue weighted by molar-refractivity contribution is -0.213. The summed E-state index contributed by atoms with van der Waals surface area (Å²) in [6.45, 7) is 15.1. The second-order valence-electron chi connectivity index (χ2n) is 6.31. The van der Waals surface area contributed by atoms with Crippen LogP contribution in [0.4, 0.5) is 0 Å². The first-order valence-electron chi connectivity index (χ1n) is 7.57. The second kappa shape index (κ2) is 8.98. The van der Waals surface area contributed by atoms with E-state index in [1.807, 2.05) is 0 Å². The molecule has 0 N–H and O–H groups in total. The van der Waals surface area contributed by atoms with E-state index in [2.05, 4.69) is 13.2 Å². The molecule has 0 saturated heterocycles. The van der Waals surface area contributed by atoms with E-state index in [0.717, 1.165) is 12.2 Å². The quantitative estimate of drug-likeness (QED) is 0.365. The van der Waals surface area contributed by atoms with E-state index in [1.165, 1.54) is 41.5 Å². The molecule has 0 atom stereocenters. The molecule has 0 aliphatic carbocycles. The van der Waals surface area contributed by atoms with Gasteiger partial charge in [-0.3, -0.25) is 0 Å². The van der Waals surface area contributed by atoms with Gasteiger partial charge in [-0.2, -0.15) is 0 Å². The van der Waals surface area contributed by atoms with Gasteiger partial charge in [0.1, 0.15) is 0 Å². The van der Waals surface area contributed by atoms with Crippen LogP contribution in [0, 0.1) is 0 Å². The summed E-state index contributed by atoms with van der Waals surface area (Å²) in [5, 5.41) is 0. The number of hydrogen-bond donors (Lipinski definition) is 0. The van der Waals surface area contributed by atoms with Crippen molar-refractivity contribution in [1.29, 1.82) is 0 Å². The van der Waals surface area contributed by atoms with Gasteiger partial charge in [-0.25, -0.2) is 19.2 Å². The van der Waals surface area contributed by atoms with Crippen LogP contribution < -0.4 is 0 Å². The maximum atomic E-state index is 11.7. The van der Waals surface area contributed by atoms with Crippen LogP contribution in [-0.4, -0.2) is 35.5 Å². The van der Waals surface area contributed by atoms with Gasteiger partial charge in [-0.1, -0.05) is 13.2 Å². The molecule has 0 aromatic carbocycles. The molecule has 0 rings (SSSR count). The highest BCUT2D eigenvalue weighted by atomic mass is 16.7. The van der Waals surface area contributed by atoms with Crippen LogP contribution in [0.3, 0.4) is 0 Å². The number of hydrogen-bond acceptors (Lipinski definition) is 8. The topological polar surface area (TPSA) is 105 Å². The Balaban J connectivity index is 4.70. The summed E-state index contributed by atoms with van der Waals surface area (Å²) in [7, 11) is 0. The highest BCUT2D eigenvalue weighted by Gasteiger charge is 2.28. The number of ether oxygens (including phenoxy) is 4. The number of rotatable bonds is 8. The van der Waals surface area contributed by atoms with Crippen LogP contribution in [0.15, 0.2) is 36.5 Å². The summed E-state index contributed by atoms with van der Waals surface area (Å²) in [5.74, 6) is -6.47. The van der Waals surface area contributed by atoms with Crippen LogP contribution in [0.25, 0.3) is 0 Å². The van der Waals surface area contributed by atoms with E-state index < -0.39 is 35.5 Å². The lowest BCUT2D eigenvalue weighted by Gasteiger charge is -2.25. The van der Waals surface area contributed by atoms with Crippen molar-refractivity contribution in [3.05, 3.63) is 36.5 Å². The molecule has 0 fully saturated rings. The van der Waals surface area contributed by atoms with E-state index in [4.69, 9.17) is 18.9 Å². The summed E-state index contributed by atoms with van der Waals surface area (Å²) in [6.07, 6.45) is 1.57. The lowest BCUT2D eigenvalue weighted by atomic mass is 10.3. The maximum absolute atomic E-state index is 11.7. The van der Waals surface area contributed by atoms with Crippen molar-refractivity contribution in [3.8, 4) is 0 Å². The van der Waals surface area contributed by atoms with E-state index in [1.54, 1.807) is 0 Å². The van der Waals surface area contributed by atoms with Gasteiger partial charge in [0.15, 0.2) is 0 Å². The van der Waals surface area contributed by atoms with E-state index in [-0.39, 0.29) is 11.1 Å². The number of esters is 4. The van der Waals surface area contributed by atoms with Gasteiger partial charge in [0, 0.05) is 51.0 Å². The van der Waals surface area contributed by atoms with Crippen molar-refractivity contribution < 1.29 is 38.1 Å². The Labute approximate surface area is 152 Å². The molecule has 0 saturated carbocycles. The van der Waals surface area contributed by atoms with Crippen LogP contribution >= 0.6 is 0 Å². The molecule has 8 heteroatoms. The molecule has 0 heterocycles. The fourth-order valence-corrected chi connectivity index (χ4v) is 1.35. The summed E-state index contributed by atoms with van der Waals surface area (Å²) in [4.78, 5) is 46.3. The Hall–Kier alpha value is -2.90. The van der Waals surface area contributed by atoms with Gasteiger partial charge >= 0.3 is 23.9 Å². The van der Waals surface area contributed by atoms with Crippen molar-refractivity contribution in [2.24, 2.45) is 0 Å². The molecule has 0 aliphatic heterocycles. The SMILES string of the molecule is C=C(C)C(=O)OC(C)(C)OC(=O)/C=C\C(=O)OC(C)(C)OC(=O)C(=C)C. The van der Waals surface area contributed by atoms with Crippen molar-refractivity contribution >= 4 is 23.9 Å². The normalized spacial score (nSPS) is 11.5. The van der Waals surface area contributed by atoms with Crippen LogP contribution in [0.1, 0.15) is 41.5 Å². The Kier molecular flexibility index (Phi) is 7.98. The van der Waals surface area contributed by atoms with Crippen molar-refractivity contribution in [3.63, 3.8) is 0 Å². The Morgan fingerprint density at radius 2 is 0.923 bits per heavy atom. The summed E-state index contributed by atoms with van der Waals surface area (Å²) >= 11 is 0. The Morgan fingerprint density at radius 3 is 1.15 bits per heavy atom. The summed E-state index contributed by atoms with van der Waals surface area (Å²) in [6, 6.07) is 0. The molecular formula is C18H24O8. The zero-order valence-corrected chi connectivity index (χ0v) is 15.8. The molecule has 26 heavy (non-hydrogen) atoms. The first kappa shape index (κ1) is 23.1. The predicted octanol–water partition coefficient (Wildman–Crippen LogP) is 2.34. The third-order valence-corrected chi connectivity index (χ3v) is 2.42. The zero-order chi connectivity index (χ0) is 20.7. The van der Waals surface area contributed by atoms with Crippen molar-refractivity contribution in [2.75, 3.05) is 0 Å². The largest absolute Gasteiger partial charge is 0.420 e. The fourth-order valence-electron chi connectivity index (χ4n) is 1.35. The van der Waals surface area contributed by atoms with Crippen LogP contribution in [0.5, 0.6) is 0 Å². The number of carbonyl (C=O) groups is 4. The van der Waals surface area contributed by atoms with E-state index in [9.17, 15) is 19.2 Å². The minimum atomic E-state index is -1.56. The molecular weight excluding hydrogens is 344 g/mol. The molecule has 0 radical (unpaired) electrons. The van der Waals surface area contributed by atoms with Gasteiger partial charge in [-0.05, 0) is 13.8 Å². The molecule has 8 nitrogen and oxygen atoms in total. The molecule has 0 aromatic heterocycles.